The number of amides is 1. The fourth-order valence-corrected chi connectivity index (χ4v) is 1.93. The number of halogens is 2. The number of hydrogen-bond acceptors (Lipinski definition) is 2. The molecule has 6 heteroatoms. The Balaban J connectivity index is 2.67. The molecule has 0 aromatic heterocycles. The van der Waals surface area contributed by atoms with Crippen molar-refractivity contribution in [1.29, 1.82) is 0 Å². The van der Waals surface area contributed by atoms with E-state index in [1.165, 1.54) is 4.90 Å². The summed E-state index contributed by atoms with van der Waals surface area (Å²) in [6.07, 6.45) is -0.771. The van der Waals surface area contributed by atoms with Gasteiger partial charge in [-0.05, 0) is 5.92 Å². The molecule has 0 bridgehead atoms. The lowest BCUT2D eigenvalue weighted by Crippen LogP contribution is -2.47. The van der Waals surface area contributed by atoms with Crippen LogP contribution in [0.25, 0.3) is 0 Å². The zero-order valence-corrected chi connectivity index (χ0v) is 9.95. The van der Waals surface area contributed by atoms with Crippen LogP contribution in [0.5, 0.6) is 0 Å². The molecule has 0 aromatic carbocycles. The predicted octanol–water partition coefficient (Wildman–Crippen LogP) is 1.60. The molecule has 0 spiro atoms. The predicted molar refractivity (Wildman–Crippen MR) is 56.7 cm³/mol. The van der Waals surface area contributed by atoms with Gasteiger partial charge in [-0.15, -0.1) is 0 Å². The summed E-state index contributed by atoms with van der Waals surface area (Å²) >= 11 is 0. The highest BCUT2D eigenvalue weighted by Gasteiger charge is 2.39. The minimum Gasteiger partial charge on any atom is -0.481 e. The lowest BCUT2D eigenvalue weighted by atomic mass is 9.93. The van der Waals surface area contributed by atoms with Gasteiger partial charge in [0.15, 0.2) is 0 Å². The number of piperidine rings is 1. The zero-order chi connectivity index (χ0) is 13.2. The van der Waals surface area contributed by atoms with Crippen LogP contribution in [0.15, 0.2) is 0 Å². The van der Waals surface area contributed by atoms with E-state index in [0.29, 0.717) is 0 Å². The molecule has 1 amide bonds. The molecule has 4 nitrogen and oxygen atoms in total. The third kappa shape index (κ3) is 3.38. The van der Waals surface area contributed by atoms with Crippen molar-refractivity contribution in [2.24, 2.45) is 11.8 Å². The molecule has 1 aliphatic heterocycles. The summed E-state index contributed by atoms with van der Waals surface area (Å²) in [5.74, 6) is -5.96. The fraction of sp³-hybridized carbons (Fsp3) is 0.818. The maximum Gasteiger partial charge on any atom is 0.316 e. The average molecular weight is 249 g/mol. The van der Waals surface area contributed by atoms with Crippen LogP contribution in [0.4, 0.5) is 8.78 Å². The van der Waals surface area contributed by atoms with Gasteiger partial charge in [-0.3, -0.25) is 9.59 Å². The van der Waals surface area contributed by atoms with Gasteiger partial charge in [0.25, 0.3) is 5.92 Å². The Morgan fingerprint density at radius 1 is 1.24 bits per heavy atom. The van der Waals surface area contributed by atoms with E-state index in [1.807, 2.05) is 0 Å². The van der Waals surface area contributed by atoms with Gasteiger partial charge in [-0.25, -0.2) is 8.78 Å². The number of carboxylic acids is 1. The van der Waals surface area contributed by atoms with Crippen molar-refractivity contribution >= 4 is 11.9 Å². The van der Waals surface area contributed by atoms with Gasteiger partial charge in [-0.1, -0.05) is 13.8 Å². The van der Waals surface area contributed by atoms with Crippen molar-refractivity contribution in [2.75, 3.05) is 13.1 Å². The SMILES string of the molecule is CC(C)C(C(=O)O)C(=O)N1CCC(F)(F)CC1. The minimum absolute atomic E-state index is 0.0671. The summed E-state index contributed by atoms with van der Waals surface area (Å²) in [6, 6.07) is 0. The zero-order valence-electron chi connectivity index (χ0n) is 9.95. The summed E-state index contributed by atoms with van der Waals surface area (Å²) < 4.78 is 25.8. The molecule has 1 saturated heterocycles. The third-order valence-electron chi connectivity index (χ3n) is 3.01. The van der Waals surface area contributed by atoms with Crippen LogP contribution >= 0.6 is 0 Å². The molecule has 1 heterocycles. The summed E-state index contributed by atoms with van der Waals surface area (Å²) in [7, 11) is 0. The molecule has 0 aliphatic carbocycles. The maximum absolute atomic E-state index is 12.9. The minimum atomic E-state index is -2.73. The lowest BCUT2D eigenvalue weighted by Gasteiger charge is -2.33. The van der Waals surface area contributed by atoms with E-state index < -0.39 is 23.7 Å². The summed E-state index contributed by atoms with van der Waals surface area (Å²) in [5.41, 5.74) is 0. The Labute approximate surface area is 98.6 Å². The van der Waals surface area contributed by atoms with Gasteiger partial charge < -0.3 is 10.0 Å². The van der Waals surface area contributed by atoms with Crippen LogP contribution in [0.1, 0.15) is 26.7 Å². The third-order valence-corrected chi connectivity index (χ3v) is 3.01. The highest BCUT2D eigenvalue weighted by molar-refractivity contribution is 5.97. The fourth-order valence-electron chi connectivity index (χ4n) is 1.93. The van der Waals surface area contributed by atoms with Gasteiger partial charge in [0, 0.05) is 25.9 Å². The summed E-state index contributed by atoms with van der Waals surface area (Å²) in [4.78, 5) is 24.1. The molecule has 98 valence electrons. The molecule has 0 saturated carbocycles. The van der Waals surface area contributed by atoms with Crippen LogP contribution in [-0.4, -0.2) is 40.9 Å². The van der Waals surface area contributed by atoms with Gasteiger partial charge in [0.05, 0.1) is 0 Å². The first-order valence-electron chi connectivity index (χ1n) is 5.64. The largest absolute Gasteiger partial charge is 0.481 e. The summed E-state index contributed by atoms with van der Waals surface area (Å²) in [6.45, 7) is 3.13. The number of carbonyl (C=O) groups is 2. The van der Waals surface area contributed by atoms with E-state index in [1.54, 1.807) is 13.8 Å². The molecular weight excluding hydrogens is 232 g/mol. The average Bonchev–Trinajstić information content (AvgIpc) is 2.15. The topological polar surface area (TPSA) is 57.6 Å². The monoisotopic (exact) mass is 249 g/mol. The van der Waals surface area contributed by atoms with E-state index >= 15 is 0 Å². The van der Waals surface area contributed by atoms with Gasteiger partial charge in [0.1, 0.15) is 5.92 Å². The Kier molecular flexibility index (Phi) is 4.06. The number of carbonyl (C=O) groups excluding carboxylic acids is 1. The second kappa shape index (κ2) is 4.98. The first-order chi connectivity index (χ1) is 7.74. The van der Waals surface area contributed by atoms with Crippen LogP contribution in [-0.2, 0) is 9.59 Å². The van der Waals surface area contributed by atoms with Crippen molar-refractivity contribution in [2.45, 2.75) is 32.6 Å². The van der Waals surface area contributed by atoms with E-state index in [4.69, 9.17) is 5.11 Å². The maximum atomic E-state index is 12.9. The molecule has 17 heavy (non-hydrogen) atoms. The first-order valence-corrected chi connectivity index (χ1v) is 5.64. The van der Waals surface area contributed by atoms with Crippen LogP contribution in [0.2, 0.25) is 0 Å². The summed E-state index contributed by atoms with van der Waals surface area (Å²) in [5, 5.41) is 8.95. The number of nitrogens with zero attached hydrogens (tertiary/aromatic N) is 1. The second-order valence-electron chi connectivity index (χ2n) is 4.74. The molecular formula is C11H17F2NO3. The second-order valence-corrected chi connectivity index (χ2v) is 4.74. The smallest absolute Gasteiger partial charge is 0.316 e. The number of likely N-dealkylation sites (tertiary alicyclic amines) is 1. The van der Waals surface area contributed by atoms with E-state index in [-0.39, 0.29) is 31.8 Å². The van der Waals surface area contributed by atoms with Crippen molar-refractivity contribution in [3.05, 3.63) is 0 Å². The Hall–Kier alpha value is -1.20. The molecule has 1 N–H and O–H groups in total. The number of carboxylic acid groups (broad SMARTS) is 1. The van der Waals surface area contributed by atoms with E-state index in [0.717, 1.165) is 0 Å². The van der Waals surface area contributed by atoms with Gasteiger partial charge in [0.2, 0.25) is 5.91 Å². The van der Waals surface area contributed by atoms with Crippen LogP contribution < -0.4 is 0 Å². The normalized spacial score (nSPS) is 21.4. The highest BCUT2D eigenvalue weighted by atomic mass is 19.3. The van der Waals surface area contributed by atoms with Crippen molar-refractivity contribution < 1.29 is 23.5 Å². The lowest BCUT2D eigenvalue weighted by molar-refractivity contribution is -0.155. The van der Waals surface area contributed by atoms with E-state index in [9.17, 15) is 18.4 Å². The standard InChI is InChI=1S/C11H17F2NO3/c1-7(2)8(10(16)17)9(15)14-5-3-11(12,13)4-6-14/h7-8H,3-6H2,1-2H3,(H,16,17). The molecule has 0 aromatic rings. The number of aliphatic carboxylic acids is 1. The Morgan fingerprint density at radius 2 is 1.71 bits per heavy atom. The number of alkyl halides is 2. The van der Waals surface area contributed by atoms with E-state index in [2.05, 4.69) is 0 Å². The highest BCUT2D eigenvalue weighted by Crippen LogP contribution is 2.29. The molecule has 1 unspecified atom stereocenters. The molecule has 1 rings (SSSR count). The van der Waals surface area contributed by atoms with Crippen LogP contribution in [0, 0.1) is 11.8 Å². The molecule has 1 fully saturated rings. The van der Waals surface area contributed by atoms with Gasteiger partial charge in [-0.2, -0.15) is 0 Å². The molecule has 0 radical (unpaired) electrons. The van der Waals surface area contributed by atoms with Crippen molar-refractivity contribution in [3.8, 4) is 0 Å². The Morgan fingerprint density at radius 3 is 2.06 bits per heavy atom. The molecule has 1 aliphatic rings. The number of hydrogen-bond donors (Lipinski definition) is 1. The van der Waals surface area contributed by atoms with Crippen LogP contribution in [0.3, 0.4) is 0 Å². The number of rotatable bonds is 3. The van der Waals surface area contributed by atoms with Crippen molar-refractivity contribution in [3.63, 3.8) is 0 Å². The Bertz CT molecular complexity index is 308. The van der Waals surface area contributed by atoms with Gasteiger partial charge >= 0.3 is 5.97 Å². The quantitative estimate of drug-likeness (QED) is 0.773. The molecule has 1 atom stereocenters. The first kappa shape index (κ1) is 13.9. The van der Waals surface area contributed by atoms with Crippen molar-refractivity contribution in [1.82, 2.24) is 4.90 Å².